The number of fused-ring (bicyclic) bond motifs is 1. The van der Waals surface area contributed by atoms with Crippen LogP contribution in [0.3, 0.4) is 0 Å². The number of hydrogen-bond acceptors (Lipinski definition) is 5. The first kappa shape index (κ1) is 22.1. The molecule has 6 rings (SSSR count). The van der Waals surface area contributed by atoms with Crippen molar-refractivity contribution in [2.24, 2.45) is 17.8 Å². The predicted molar refractivity (Wildman–Crippen MR) is 136 cm³/mol. The maximum absolute atomic E-state index is 8.98. The van der Waals surface area contributed by atoms with Crippen LogP contribution in [0.15, 0.2) is 42.6 Å². The van der Waals surface area contributed by atoms with Gasteiger partial charge in [0.1, 0.15) is 11.9 Å². The van der Waals surface area contributed by atoms with Gasteiger partial charge >= 0.3 is 0 Å². The van der Waals surface area contributed by atoms with Crippen LogP contribution < -0.4 is 10.2 Å². The lowest BCUT2D eigenvalue weighted by molar-refractivity contribution is 0.0492. The molecule has 2 saturated heterocycles. The van der Waals surface area contributed by atoms with E-state index in [0.717, 1.165) is 43.2 Å². The molecule has 1 unspecified atom stereocenters. The van der Waals surface area contributed by atoms with Gasteiger partial charge < -0.3 is 15.1 Å². The zero-order valence-electron chi connectivity index (χ0n) is 20.3. The van der Waals surface area contributed by atoms with Gasteiger partial charge in [0.25, 0.3) is 0 Å². The molecule has 1 aromatic heterocycles. The Bertz CT molecular complexity index is 1020. The van der Waals surface area contributed by atoms with E-state index < -0.39 is 0 Å². The molecule has 3 aliphatic heterocycles. The molecule has 34 heavy (non-hydrogen) atoms. The van der Waals surface area contributed by atoms with Crippen molar-refractivity contribution in [1.82, 2.24) is 15.2 Å². The van der Waals surface area contributed by atoms with Crippen LogP contribution in [0.5, 0.6) is 0 Å². The molecule has 178 valence electrons. The molecule has 1 aliphatic carbocycles. The van der Waals surface area contributed by atoms with Crippen LogP contribution >= 0.6 is 0 Å². The van der Waals surface area contributed by atoms with Gasteiger partial charge in [0.05, 0.1) is 5.56 Å². The number of hydrogen-bond donors (Lipinski definition) is 1. The summed E-state index contributed by atoms with van der Waals surface area (Å²) in [6.07, 6.45) is 11.1. The van der Waals surface area contributed by atoms with Crippen LogP contribution in [0.2, 0.25) is 0 Å². The van der Waals surface area contributed by atoms with E-state index in [2.05, 4.69) is 50.4 Å². The molecule has 0 bridgehead atoms. The second-order valence-corrected chi connectivity index (χ2v) is 11.0. The third kappa shape index (κ3) is 3.91. The molecular formula is C29H37N5. The maximum Gasteiger partial charge on any atom is 0.128 e. The summed E-state index contributed by atoms with van der Waals surface area (Å²) in [6.45, 7) is 6.97. The Labute approximate surface area is 204 Å². The highest BCUT2D eigenvalue weighted by Gasteiger charge is 2.50. The Hall–Kier alpha value is -2.42. The normalized spacial score (nSPS) is 26.7. The number of anilines is 1. The summed E-state index contributed by atoms with van der Waals surface area (Å²) in [7, 11) is 0. The molecule has 3 fully saturated rings. The smallest absolute Gasteiger partial charge is 0.128 e. The first-order chi connectivity index (χ1) is 16.8. The molecular weight excluding hydrogens is 418 g/mol. The zero-order valence-corrected chi connectivity index (χ0v) is 20.3. The van der Waals surface area contributed by atoms with E-state index in [1.165, 1.54) is 64.6 Å². The largest absolute Gasteiger partial charge is 0.356 e. The number of piperidine rings is 1. The van der Waals surface area contributed by atoms with E-state index in [-0.39, 0.29) is 5.54 Å². The van der Waals surface area contributed by atoms with Gasteiger partial charge in [0.15, 0.2) is 0 Å². The van der Waals surface area contributed by atoms with Crippen molar-refractivity contribution in [1.29, 1.82) is 5.26 Å². The quantitative estimate of drug-likeness (QED) is 0.727. The molecule has 4 aliphatic rings. The lowest BCUT2D eigenvalue weighted by Gasteiger charge is -2.52. The predicted octanol–water partition coefficient (Wildman–Crippen LogP) is 4.33. The van der Waals surface area contributed by atoms with Crippen LogP contribution in [0.4, 0.5) is 5.82 Å². The molecule has 0 spiro atoms. The fourth-order valence-electron chi connectivity index (χ4n) is 7.53. The molecule has 0 amide bonds. The Morgan fingerprint density at radius 3 is 2.50 bits per heavy atom. The number of nitrogens with one attached hydrogen (secondary N) is 1. The van der Waals surface area contributed by atoms with Crippen molar-refractivity contribution >= 4 is 5.82 Å². The van der Waals surface area contributed by atoms with Crippen molar-refractivity contribution < 1.29 is 0 Å². The number of pyridine rings is 1. The molecule has 1 saturated carbocycles. The van der Waals surface area contributed by atoms with Crippen LogP contribution in [0, 0.1) is 29.1 Å². The van der Waals surface area contributed by atoms with E-state index in [1.807, 2.05) is 12.1 Å². The highest BCUT2D eigenvalue weighted by molar-refractivity contribution is 5.44. The third-order valence-electron chi connectivity index (χ3n) is 9.18. The van der Waals surface area contributed by atoms with E-state index in [0.29, 0.717) is 5.56 Å². The van der Waals surface area contributed by atoms with Gasteiger partial charge in [-0.15, -0.1) is 0 Å². The SMILES string of the molecule is N#Cc1ccc(N2CC(CN3CCC(C4(C5CCCC5)NCCc5ccccc54)CC3)C2)nc1. The lowest BCUT2D eigenvalue weighted by atomic mass is 9.63. The molecule has 2 aromatic rings. The molecule has 4 heterocycles. The van der Waals surface area contributed by atoms with Crippen LogP contribution in [0.1, 0.15) is 55.2 Å². The second-order valence-electron chi connectivity index (χ2n) is 11.0. The van der Waals surface area contributed by atoms with Crippen LogP contribution in [-0.2, 0) is 12.0 Å². The average molecular weight is 456 g/mol. The fraction of sp³-hybridized carbons (Fsp3) is 0.586. The summed E-state index contributed by atoms with van der Waals surface area (Å²) in [6, 6.07) is 15.4. The van der Waals surface area contributed by atoms with E-state index >= 15 is 0 Å². The number of benzene rings is 1. The van der Waals surface area contributed by atoms with Gasteiger partial charge in [0, 0.05) is 43.8 Å². The number of aromatic nitrogens is 1. The molecule has 1 atom stereocenters. The maximum atomic E-state index is 8.98. The average Bonchev–Trinajstić information content (AvgIpc) is 3.42. The fourth-order valence-corrected chi connectivity index (χ4v) is 7.53. The number of rotatable bonds is 5. The van der Waals surface area contributed by atoms with Crippen molar-refractivity contribution in [3.8, 4) is 6.07 Å². The Balaban J connectivity index is 1.09. The Morgan fingerprint density at radius 2 is 1.76 bits per heavy atom. The van der Waals surface area contributed by atoms with E-state index in [4.69, 9.17) is 5.26 Å². The summed E-state index contributed by atoms with van der Waals surface area (Å²) in [5.41, 5.74) is 4.07. The van der Waals surface area contributed by atoms with Gasteiger partial charge in [-0.25, -0.2) is 4.98 Å². The monoisotopic (exact) mass is 455 g/mol. The molecule has 1 aromatic carbocycles. The first-order valence-corrected chi connectivity index (χ1v) is 13.4. The van der Waals surface area contributed by atoms with Crippen molar-refractivity contribution in [2.45, 2.75) is 50.5 Å². The van der Waals surface area contributed by atoms with Crippen molar-refractivity contribution in [2.75, 3.05) is 44.2 Å². The summed E-state index contributed by atoms with van der Waals surface area (Å²) < 4.78 is 0. The number of nitriles is 1. The van der Waals surface area contributed by atoms with Gasteiger partial charge in [0.2, 0.25) is 0 Å². The Kier molecular flexibility index (Phi) is 6.05. The minimum Gasteiger partial charge on any atom is -0.356 e. The summed E-state index contributed by atoms with van der Waals surface area (Å²) >= 11 is 0. The molecule has 0 radical (unpaired) electrons. The van der Waals surface area contributed by atoms with Crippen LogP contribution in [-0.4, -0.2) is 49.2 Å². The minimum atomic E-state index is 0.200. The minimum absolute atomic E-state index is 0.200. The van der Waals surface area contributed by atoms with E-state index in [1.54, 1.807) is 17.3 Å². The van der Waals surface area contributed by atoms with E-state index in [9.17, 15) is 0 Å². The van der Waals surface area contributed by atoms with Gasteiger partial charge in [-0.2, -0.15) is 5.26 Å². The summed E-state index contributed by atoms with van der Waals surface area (Å²) in [5.74, 6) is 3.28. The zero-order chi connectivity index (χ0) is 23.0. The number of nitrogens with zero attached hydrogens (tertiary/aromatic N) is 4. The highest BCUT2D eigenvalue weighted by Crippen LogP contribution is 2.50. The lowest BCUT2D eigenvalue weighted by Crippen LogP contribution is -2.59. The molecule has 1 N–H and O–H groups in total. The molecule has 5 nitrogen and oxygen atoms in total. The second kappa shape index (κ2) is 9.32. The standard InChI is InChI=1S/C29H37N5/c30-17-22-9-10-28(31-18-22)34-20-23(21-34)19-33-15-12-26(13-16-33)29(25-6-2-3-7-25)27-8-4-1-5-24(27)11-14-32-29/h1,4-5,8-10,18,23,25-26,32H,2-3,6-7,11-16,19-21H2. The summed E-state index contributed by atoms with van der Waals surface area (Å²) in [4.78, 5) is 9.53. The third-order valence-corrected chi connectivity index (χ3v) is 9.18. The van der Waals surface area contributed by atoms with Gasteiger partial charge in [-0.05, 0) is 80.3 Å². The highest BCUT2D eigenvalue weighted by atomic mass is 15.3. The van der Waals surface area contributed by atoms with Crippen molar-refractivity contribution in [3.63, 3.8) is 0 Å². The number of likely N-dealkylation sites (tertiary alicyclic amines) is 1. The summed E-state index contributed by atoms with van der Waals surface area (Å²) in [5, 5.41) is 13.1. The molecule has 5 heteroatoms. The first-order valence-electron chi connectivity index (χ1n) is 13.4. The topological polar surface area (TPSA) is 55.2 Å². The van der Waals surface area contributed by atoms with Crippen molar-refractivity contribution in [3.05, 3.63) is 59.3 Å². The van der Waals surface area contributed by atoms with Gasteiger partial charge in [-0.3, -0.25) is 0 Å². The Morgan fingerprint density at radius 1 is 1.00 bits per heavy atom. The van der Waals surface area contributed by atoms with Gasteiger partial charge in [-0.1, -0.05) is 37.1 Å². The van der Waals surface area contributed by atoms with Crippen LogP contribution in [0.25, 0.3) is 0 Å².